The summed E-state index contributed by atoms with van der Waals surface area (Å²) in [6.07, 6.45) is 0. The van der Waals surface area contributed by atoms with E-state index in [0.29, 0.717) is 20.3 Å². The SMILES string of the molecule is O=C(Nc1nc(-c2ccccc2Cl)cs1)c1cc(F)ccc1Br. The predicted molar refractivity (Wildman–Crippen MR) is 94.6 cm³/mol. The summed E-state index contributed by atoms with van der Waals surface area (Å²) in [7, 11) is 0. The summed E-state index contributed by atoms with van der Waals surface area (Å²) >= 11 is 10.6. The fourth-order valence-corrected chi connectivity index (χ4v) is 3.32. The molecule has 0 radical (unpaired) electrons. The molecule has 3 nitrogen and oxygen atoms in total. The smallest absolute Gasteiger partial charge is 0.258 e. The molecule has 0 aliphatic heterocycles. The van der Waals surface area contributed by atoms with Gasteiger partial charge >= 0.3 is 0 Å². The van der Waals surface area contributed by atoms with Gasteiger partial charge in [-0.3, -0.25) is 10.1 Å². The highest BCUT2D eigenvalue weighted by atomic mass is 79.9. The number of hydrogen-bond donors (Lipinski definition) is 1. The van der Waals surface area contributed by atoms with E-state index >= 15 is 0 Å². The second-order valence-electron chi connectivity index (χ2n) is 4.60. The number of anilines is 1. The number of halogens is 3. The Morgan fingerprint density at radius 1 is 1.26 bits per heavy atom. The van der Waals surface area contributed by atoms with Crippen LogP contribution in [0.2, 0.25) is 5.02 Å². The molecule has 7 heteroatoms. The van der Waals surface area contributed by atoms with E-state index in [1.807, 2.05) is 18.2 Å². The van der Waals surface area contributed by atoms with E-state index in [9.17, 15) is 9.18 Å². The molecular weight excluding hydrogens is 403 g/mol. The van der Waals surface area contributed by atoms with Crippen LogP contribution in [0.15, 0.2) is 52.3 Å². The lowest BCUT2D eigenvalue weighted by Crippen LogP contribution is -2.12. The molecule has 0 aliphatic rings. The van der Waals surface area contributed by atoms with Gasteiger partial charge in [0.25, 0.3) is 5.91 Å². The summed E-state index contributed by atoms with van der Waals surface area (Å²) in [5, 5.41) is 5.47. The molecule has 2 aromatic carbocycles. The predicted octanol–water partition coefficient (Wildman–Crippen LogP) is 5.62. The second-order valence-corrected chi connectivity index (χ2v) is 6.72. The minimum atomic E-state index is -0.478. The second kappa shape index (κ2) is 6.78. The van der Waals surface area contributed by atoms with Gasteiger partial charge in [-0.2, -0.15) is 0 Å². The highest BCUT2D eigenvalue weighted by molar-refractivity contribution is 9.10. The summed E-state index contributed by atoms with van der Waals surface area (Å²) in [4.78, 5) is 16.6. The largest absolute Gasteiger partial charge is 0.298 e. The molecule has 0 fully saturated rings. The van der Waals surface area contributed by atoms with Gasteiger partial charge in [0.05, 0.1) is 11.3 Å². The first kappa shape index (κ1) is 16.1. The van der Waals surface area contributed by atoms with Gasteiger partial charge in [-0.1, -0.05) is 29.8 Å². The minimum Gasteiger partial charge on any atom is -0.298 e. The van der Waals surface area contributed by atoms with Crippen molar-refractivity contribution in [1.29, 1.82) is 0 Å². The zero-order valence-corrected chi connectivity index (χ0v) is 14.7. The topological polar surface area (TPSA) is 42.0 Å². The van der Waals surface area contributed by atoms with Gasteiger partial charge in [0.2, 0.25) is 0 Å². The van der Waals surface area contributed by atoms with E-state index in [4.69, 9.17) is 11.6 Å². The molecule has 3 aromatic rings. The molecule has 116 valence electrons. The first-order chi connectivity index (χ1) is 11.0. The van der Waals surface area contributed by atoms with E-state index in [0.717, 1.165) is 5.56 Å². The molecule has 0 atom stereocenters. The molecular formula is C16H9BrClFN2OS. The summed E-state index contributed by atoms with van der Waals surface area (Å²) in [5.41, 5.74) is 1.67. The number of carbonyl (C=O) groups excluding carboxylic acids is 1. The van der Waals surface area contributed by atoms with Crippen molar-refractivity contribution in [2.24, 2.45) is 0 Å². The number of nitrogens with zero attached hydrogens (tertiary/aromatic N) is 1. The summed E-state index contributed by atoms with van der Waals surface area (Å²) in [5.74, 6) is -0.911. The van der Waals surface area contributed by atoms with Crippen LogP contribution in [0.25, 0.3) is 11.3 Å². The average Bonchev–Trinajstić information content (AvgIpc) is 2.98. The number of aromatic nitrogens is 1. The lowest BCUT2D eigenvalue weighted by Gasteiger charge is -2.04. The molecule has 0 bridgehead atoms. The fraction of sp³-hybridized carbons (Fsp3) is 0. The molecule has 0 spiro atoms. The van der Waals surface area contributed by atoms with Gasteiger partial charge in [0, 0.05) is 20.4 Å². The van der Waals surface area contributed by atoms with E-state index in [1.54, 1.807) is 11.4 Å². The first-order valence-electron chi connectivity index (χ1n) is 6.51. The van der Waals surface area contributed by atoms with Crippen LogP contribution in [-0.4, -0.2) is 10.9 Å². The standard InChI is InChI=1S/C16H9BrClFN2OS/c17-12-6-5-9(19)7-11(12)15(22)21-16-20-14(8-23-16)10-3-1-2-4-13(10)18/h1-8H,(H,20,21,22). The Hall–Kier alpha value is -1.76. The number of rotatable bonds is 3. The van der Waals surface area contributed by atoms with Crippen molar-refractivity contribution < 1.29 is 9.18 Å². The molecule has 0 saturated carbocycles. The summed E-state index contributed by atoms with van der Waals surface area (Å²) in [6, 6.07) is 11.3. The third-order valence-electron chi connectivity index (χ3n) is 3.05. The van der Waals surface area contributed by atoms with Crippen molar-refractivity contribution in [3.63, 3.8) is 0 Å². The number of hydrogen-bond acceptors (Lipinski definition) is 3. The van der Waals surface area contributed by atoms with Crippen molar-refractivity contribution in [3.8, 4) is 11.3 Å². The maximum absolute atomic E-state index is 13.3. The zero-order valence-electron chi connectivity index (χ0n) is 11.5. The third kappa shape index (κ3) is 3.60. The van der Waals surface area contributed by atoms with Gasteiger partial charge in [0.1, 0.15) is 5.82 Å². The molecule has 1 amide bonds. The maximum Gasteiger partial charge on any atom is 0.258 e. The highest BCUT2D eigenvalue weighted by Gasteiger charge is 2.14. The van der Waals surface area contributed by atoms with E-state index < -0.39 is 11.7 Å². The van der Waals surface area contributed by atoms with Crippen LogP contribution < -0.4 is 5.32 Å². The Labute approximate surface area is 149 Å². The number of thiazole rings is 1. The van der Waals surface area contributed by atoms with Gasteiger partial charge in [-0.25, -0.2) is 9.37 Å². The molecule has 1 heterocycles. The quantitative estimate of drug-likeness (QED) is 0.608. The van der Waals surface area contributed by atoms with E-state index in [1.165, 1.54) is 29.5 Å². The number of nitrogens with one attached hydrogen (secondary N) is 1. The van der Waals surface area contributed by atoms with Gasteiger partial charge in [-0.15, -0.1) is 11.3 Å². The third-order valence-corrected chi connectivity index (χ3v) is 4.83. The normalized spacial score (nSPS) is 10.6. The lowest BCUT2D eigenvalue weighted by molar-refractivity contribution is 0.102. The molecule has 0 aliphatic carbocycles. The summed E-state index contributed by atoms with van der Waals surface area (Å²) < 4.78 is 13.8. The number of benzene rings is 2. The Balaban J connectivity index is 1.83. The average molecular weight is 412 g/mol. The van der Waals surface area contributed by atoms with Gasteiger partial charge in [-0.05, 0) is 40.2 Å². The van der Waals surface area contributed by atoms with Crippen molar-refractivity contribution in [3.05, 3.63) is 68.7 Å². The lowest BCUT2D eigenvalue weighted by atomic mass is 10.2. The van der Waals surface area contributed by atoms with E-state index in [2.05, 4.69) is 26.2 Å². The molecule has 3 rings (SSSR count). The van der Waals surface area contributed by atoms with Crippen LogP contribution in [0.3, 0.4) is 0 Å². The minimum absolute atomic E-state index is 0.208. The Kier molecular flexibility index (Phi) is 4.75. The summed E-state index contributed by atoms with van der Waals surface area (Å²) in [6.45, 7) is 0. The van der Waals surface area contributed by atoms with Crippen molar-refractivity contribution >= 4 is 49.9 Å². The first-order valence-corrected chi connectivity index (χ1v) is 8.56. The molecule has 1 aromatic heterocycles. The van der Waals surface area contributed by atoms with Crippen LogP contribution in [0, 0.1) is 5.82 Å². The monoisotopic (exact) mass is 410 g/mol. The maximum atomic E-state index is 13.3. The van der Waals surface area contributed by atoms with Crippen LogP contribution in [-0.2, 0) is 0 Å². The van der Waals surface area contributed by atoms with Crippen LogP contribution in [0.5, 0.6) is 0 Å². The van der Waals surface area contributed by atoms with Crippen LogP contribution in [0.4, 0.5) is 9.52 Å². The molecule has 1 N–H and O–H groups in total. The fourth-order valence-electron chi connectivity index (χ4n) is 1.96. The molecule has 23 heavy (non-hydrogen) atoms. The van der Waals surface area contributed by atoms with Crippen molar-refractivity contribution in [1.82, 2.24) is 4.98 Å². The van der Waals surface area contributed by atoms with E-state index in [-0.39, 0.29) is 5.56 Å². The molecule has 0 unspecified atom stereocenters. The number of amides is 1. The van der Waals surface area contributed by atoms with Crippen LogP contribution in [0.1, 0.15) is 10.4 Å². The Morgan fingerprint density at radius 3 is 2.83 bits per heavy atom. The van der Waals surface area contributed by atoms with Crippen molar-refractivity contribution in [2.75, 3.05) is 5.32 Å². The van der Waals surface area contributed by atoms with Gasteiger partial charge in [0.15, 0.2) is 5.13 Å². The number of carbonyl (C=O) groups is 1. The molecule has 0 saturated heterocycles. The Morgan fingerprint density at radius 2 is 2.04 bits per heavy atom. The van der Waals surface area contributed by atoms with Crippen LogP contribution >= 0.6 is 38.9 Å². The zero-order chi connectivity index (χ0) is 16.4. The van der Waals surface area contributed by atoms with Crippen molar-refractivity contribution in [2.45, 2.75) is 0 Å². The highest BCUT2D eigenvalue weighted by Crippen LogP contribution is 2.30. The van der Waals surface area contributed by atoms with Gasteiger partial charge < -0.3 is 0 Å². The Bertz CT molecular complexity index is 884.